The predicted octanol–water partition coefficient (Wildman–Crippen LogP) is 8.21. The van der Waals surface area contributed by atoms with Crippen LogP contribution in [0.4, 0.5) is 0 Å². The van der Waals surface area contributed by atoms with Crippen molar-refractivity contribution < 1.29 is 0 Å². The lowest BCUT2D eigenvalue weighted by Gasteiger charge is -2.39. The van der Waals surface area contributed by atoms with Crippen LogP contribution < -0.4 is 16.4 Å². The van der Waals surface area contributed by atoms with Gasteiger partial charge < -0.3 is 0 Å². The topological polar surface area (TPSA) is 18.7 Å². The molecule has 7 aromatic carbocycles. The molecule has 0 N–H and O–H groups in total. The first-order valence-corrected chi connectivity index (χ1v) is 18.3. The molecule has 52 heavy (non-hydrogen) atoms. The summed E-state index contributed by atoms with van der Waals surface area (Å²) in [5.41, 5.74) is 24.6. The molecular weight excluding hydrogens is 631 g/mol. The van der Waals surface area contributed by atoms with Gasteiger partial charge in [0.1, 0.15) is 11.3 Å². The van der Waals surface area contributed by atoms with Crippen LogP contribution in [0.5, 0.6) is 0 Å². The second-order valence-corrected chi connectivity index (χ2v) is 15.2. The Labute approximate surface area is 297 Å². The molecule has 0 amide bonds. The zero-order valence-electron chi connectivity index (χ0n) is 27.8. The molecule has 0 radical (unpaired) electrons. The van der Waals surface area contributed by atoms with Gasteiger partial charge in [-0.2, -0.15) is 0 Å². The molecule has 0 unspecified atom stereocenters. The summed E-state index contributed by atoms with van der Waals surface area (Å²) in [5.74, 6) is 0. The Morgan fingerprint density at radius 3 is 1.27 bits per heavy atom. The Balaban J connectivity index is 1.34. The molecule has 0 atom stereocenters. The van der Waals surface area contributed by atoms with Gasteiger partial charge in [-0.15, -0.1) is 0 Å². The van der Waals surface area contributed by atoms with Crippen LogP contribution in [0.3, 0.4) is 0 Å². The summed E-state index contributed by atoms with van der Waals surface area (Å²) < 4.78 is 10.3. The van der Waals surface area contributed by atoms with Crippen LogP contribution in [0.2, 0.25) is 0 Å². The number of fused-ring (bicyclic) bond motifs is 17. The number of imidazole rings is 2. The fourth-order valence-corrected chi connectivity index (χ4v) is 11.8. The molecule has 0 saturated heterocycles. The predicted molar refractivity (Wildman–Crippen MR) is 213 cm³/mol. The van der Waals surface area contributed by atoms with Crippen molar-refractivity contribution >= 4 is 78.3 Å². The summed E-state index contributed by atoms with van der Waals surface area (Å²) in [4.78, 5) is 0. The highest BCUT2D eigenvalue weighted by Crippen LogP contribution is 2.59. The van der Waals surface area contributed by atoms with Crippen LogP contribution in [-0.4, -0.2) is 24.6 Å². The zero-order valence-corrected chi connectivity index (χ0v) is 27.8. The van der Waals surface area contributed by atoms with Gasteiger partial charge in [0.05, 0.1) is 38.5 Å². The highest BCUT2D eigenvalue weighted by atomic mass is 15.2. The average Bonchev–Trinajstić information content (AvgIpc) is 3.98. The van der Waals surface area contributed by atoms with E-state index in [9.17, 15) is 0 Å². The molecular formula is C47H25BN4. The molecule has 5 heteroatoms. The number of hydrogen-bond acceptors (Lipinski definition) is 0. The molecule has 4 aromatic heterocycles. The van der Waals surface area contributed by atoms with Gasteiger partial charge in [0.15, 0.2) is 0 Å². The second kappa shape index (κ2) is 7.93. The van der Waals surface area contributed by atoms with Gasteiger partial charge in [0, 0.05) is 22.1 Å². The SMILES string of the molecule is c1ccc2c(c1)-c1ccccc1C21c2cccc3c2c2c4n(c5ccccc5n34)-c3cccc4c3B2c2c3c1cccc3n1c3ccccc3n-4c21. The van der Waals surface area contributed by atoms with Gasteiger partial charge in [0.25, 0.3) is 6.71 Å². The van der Waals surface area contributed by atoms with Crippen molar-refractivity contribution in [3.63, 3.8) is 0 Å². The third kappa shape index (κ3) is 2.30. The molecule has 4 aliphatic rings. The lowest BCUT2D eigenvalue weighted by atomic mass is 9.33. The lowest BCUT2D eigenvalue weighted by Crippen LogP contribution is -2.60. The number of nitrogens with zero attached hydrogens (tertiary/aromatic N) is 4. The minimum Gasteiger partial charge on any atom is -0.295 e. The molecule has 15 rings (SSSR count). The maximum absolute atomic E-state index is 2.59. The van der Waals surface area contributed by atoms with Crippen LogP contribution in [0.1, 0.15) is 22.3 Å². The normalized spacial score (nSPS) is 15.0. The van der Waals surface area contributed by atoms with E-state index in [0.717, 1.165) is 0 Å². The second-order valence-electron chi connectivity index (χ2n) is 15.2. The van der Waals surface area contributed by atoms with Gasteiger partial charge in [-0.05, 0) is 98.3 Å². The van der Waals surface area contributed by atoms with E-state index in [2.05, 4.69) is 170 Å². The minimum absolute atomic E-state index is 0.0614. The fourth-order valence-electron chi connectivity index (χ4n) is 11.8. The van der Waals surface area contributed by atoms with Crippen LogP contribution in [0.25, 0.3) is 77.7 Å². The highest BCUT2D eigenvalue weighted by Gasteiger charge is 2.53. The number of aromatic nitrogens is 4. The Hall–Kier alpha value is -6.72. The molecule has 11 aromatic rings. The van der Waals surface area contributed by atoms with Gasteiger partial charge in [-0.1, -0.05) is 103 Å². The number of benzene rings is 7. The first-order valence-electron chi connectivity index (χ1n) is 18.3. The van der Waals surface area contributed by atoms with Crippen LogP contribution >= 0.6 is 0 Å². The maximum Gasteiger partial charge on any atom is 0.258 e. The van der Waals surface area contributed by atoms with Crippen molar-refractivity contribution in [2.24, 2.45) is 0 Å². The van der Waals surface area contributed by atoms with Crippen LogP contribution in [0.15, 0.2) is 152 Å². The third-order valence-electron chi connectivity index (χ3n) is 13.3. The zero-order chi connectivity index (χ0) is 33.2. The van der Waals surface area contributed by atoms with E-state index in [4.69, 9.17) is 0 Å². The number of hydrogen-bond donors (Lipinski definition) is 0. The van der Waals surface area contributed by atoms with E-state index in [-0.39, 0.29) is 6.71 Å². The summed E-state index contributed by atoms with van der Waals surface area (Å²) in [6, 6.07) is 57.8. The van der Waals surface area contributed by atoms with Crippen molar-refractivity contribution in [1.29, 1.82) is 0 Å². The van der Waals surface area contributed by atoms with E-state index in [1.54, 1.807) is 0 Å². The Morgan fingerprint density at radius 2 is 0.750 bits per heavy atom. The molecule has 0 bridgehead atoms. The maximum atomic E-state index is 2.59. The van der Waals surface area contributed by atoms with Crippen molar-refractivity contribution in [1.82, 2.24) is 17.9 Å². The molecule has 0 fully saturated rings. The highest BCUT2D eigenvalue weighted by molar-refractivity contribution is 7.02. The molecule has 4 nitrogen and oxygen atoms in total. The van der Waals surface area contributed by atoms with Gasteiger partial charge in [-0.3, -0.25) is 17.9 Å². The summed E-state index contributed by atoms with van der Waals surface area (Å²) in [6.45, 7) is 0.0614. The van der Waals surface area contributed by atoms with Crippen LogP contribution in [-0.2, 0) is 5.41 Å². The summed E-state index contributed by atoms with van der Waals surface area (Å²) >= 11 is 0. The van der Waals surface area contributed by atoms with Gasteiger partial charge in [-0.25, -0.2) is 0 Å². The molecule has 7 heterocycles. The largest absolute Gasteiger partial charge is 0.295 e. The van der Waals surface area contributed by atoms with E-state index in [0.29, 0.717) is 0 Å². The van der Waals surface area contributed by atoms with E-state index in [1.807, 2.05) is 0 Å². The Bertz CT molecular complexity index is 3320. The van der Waals surface area contributed by atoms with E-state index >= 15 is 0 Å². The van der Waals surface area contributed by atoms with Gasteiger partial charge >= 0.3 is 0 Å². The average molecular weight is 657 g/mol. The lowest BCUT2D eigenvalue weighted by molar-refractivity contribution is 0.785. The van der Waals surface area contributed by atoms with Gasteiger partial charge in [0.2, 0.25) is 0 Å². The first kappa shape index (κ1) is 25.3. The molecule has 3 aliphatic heterocycles. The number of rotatable bonds is 0. The summed E-state index contributed by atoms with van der Waals surface area (Å²) in [6.07, 6.45) is 0. The van der Waals surface area contributed by atoms with E-state index < -0.39 is 5.41 Å². The monoisotopic (exact) mass is 656 g/mol. The standard InChI is InChI=1S/C47H25BN4/c1-3-14-28-26(12-1)27-13-2-4-15-29(27)47(28)30-16-9-22-36-40(30)43-45-49(36)32-18-5-7-20-34(32)51(45)38-24-11-25-39-42(38)48(43)44-41-31(47)17-10-23-37(41)50-33-19-6-8-21-35(33)52(39)46(44)50/h1-25H. The Morgan fingerprint density at radius 1 is 0.346 bits per heavy atom. The first-order chi connectivity index (χ1) is 25.9. The fraction of sp³-hybridized carbons (Fsp3) is 0.0213. The number of para-hydroxylation sites is 4. The molecule has 0 saturated carbocycles. The van der Waals surface area contributed by atoms with Crippen molar-refractivity contribution in [3.8, 4) is 22.5 Å². The van der Waals surface area contributed by atoms with Crippen molar-refractivity contribution in [2.45, 2.75) is 5.41 Å². The van der Waals surface area contributed by atoms with E-state index in [1.165, 1.54) is 116 Å². The summed E-state index contributed by atoms with van der Waals surface area (Å²) in [7, 11) is 0. The molecule has 236 valence electrons. The molecule has 1 spiro atoms. The van der Waals surface area contributed by atoms with Crippen molar-refractivity contribution in [3.05, 3.63) is 174 Å². The molecule has 1 aliphatic carbocycles. The van der Waals surface area contributed by atoms with Crippen molar-refractivity contribution in [2.75, 3.05) is 0 Å². The quantitative estimate of drug-likeness (QED) is 0.147. The summed E-state index contributed by atoms with van der Waals surface area (Å²) in [5, 5.41) is 2.78. The third-order valence-corrected chi connectivity index (χ3v) is 13.3. The minimum atomic E-state index is -0.526. The Kier molecular flexibility index (Phi) is 3.85. The smallest absolute Gasteiger partial charge is 0.258 e. The van der Waals surface area contributed by atoms with Crippen LogP contribution in [0, 0.1) is 0 Å².